The maximum Gasteiger partial charge on any atom is 0.242 e. The summed E-state index contributed by atoms with van der Waals surface area (Å²) < 4.78 is 22.3. The molecule has 0 bridgehead atoms. The summed E-state index contributed by atoms with van der Waals surface area (Å²) in [4.78, 5) is 28.0. The molecule has 0 N–H and O–H groups in total. The Morgan fingerprint density at radius 1 is 1.03 bits per heavy atom. The van der Waals surface area contributed by atoms with E-state index in [0.717, 1.165) is 41.6 Å². The molecule has 2 aromatic heterocycles. The largest absolute Gasteiger partial charge is 0.278 e. The number of carbonyl (C=O) groups excluding carboxylic acids is 1. The minimum Gasteiger partial charge on any atom is -0.278 e. The number of aryl methyl sites for hydroxylation is 1. The molecule has 1 spiro atoms. The van der Waals surface area contributed by atoms with Gasteiger partial charge in [-0.05, 0) is 48.6 Å². The Labute approximate surface area is 175 Å². The highest BCUT2D eigenvalue weighted by Crippen LogP contribution is 2.55. The molecule has 1 aliphatic heterocycles. The van der Waals surface area contributed by atoms with Gasteiger partial charge in [-0.1, -0.05) is 18.6 Å². The summed E-state index contributed by atoms with van der Waals surface area (Å²) in [5.74, 6) is 0.632. The molecule has 3 heterocycles. The van der Waals surface area contributed by atoms with Gasteiger partial charge in [0.1, 0.15) is 16.5 Å². The summed E-state index contributed by atoms with van der Waals surface area (Å²) in [5.41, 5.74) is 4.32. The molecule has 0 atom stereocenters. The van der Waals surface area contributed by atoms with Crippen LogP contribution in [0.3, 0.4) is 0 Å². The Morgan fingerprint density at radius 2 is 1.80 bits per heavy atom. The van der Waals surface area contributed by atoms with Gasteiger partial charge >= 0.3 is 0 Å². The van der Waals surface area contributed by atoms with E-state index in [4.69, 9.17) is 0 Å². The molecule has 1 saturated carbocycles. The Bertz CT molecular complexity index is 1230. The summed E-state index contributed by atoms with van der Waals surface area (Å²) >= 11 is 0. The van der Waals surface area contributed by atoms with Crippen LogP contribution in [0.25, 0.3) is 11.1 Å². The zero-order chi connectivity index (χ0) is 20.9. The number of fused-ring (bicyclic) bond motifs is 2. The van der Waals surface area contributed by atoms with Gasteiger partial charge in [-0.25, -0.2) is 18.4 Å². The van der Waals surface area contributed by atoms with Crippen LogP contribution in [0.4, 0.5) is 11.4 Å². The molecule has 1 amide bonds. The molecule has 152 valence electrons. The second kappa shape index (κ2) is 6.98. The minimum atomic E-state index is -2.57. The van der Waals surface area contributed by atoms with Gasteiger partial charge in [0, 0.05) is 24.2 Å². The van der Waals surface area contributed by atoms with Gasteiger partial charge in [-0.3, -0.25) is 14.7 Å². The highest BCUT2D eigenvalue weighted by molar-refractivity contribution is 7.71. The maximum atomic E-state index is 13.5. The van der Waals surface area contributed by atoms with E-state index >= 15 is 0 Å². The highest BCUT2D eigenvalue weighted by atomic mass is 32.2. The molecule has 0 radical (unpaired) electrons. The third-order valence-electron chi connectivity index (χ3n) is 6.04. The van der Waals surface area contributed by atoms with E-state index in [1.165, 1.54) is 6.20 Å². The lowest BCUT2D eigenvalue weighted by atomic mass is 9.65. The summed E-state index contributed by atoms with van der Waals surface area (Å²) in [5, 5.41) is 0. The Hall–Kier alpha value is -3.13. The first-order valence-corrected chi connectivity index (χ1v) is 11.2. The van der Waals surface area contributed by atoms with Crippen LogP contribution in [0, 0.1) is 6.92 Å². The normalized spacial score (nSPS) is 16.7. The molecule has 3 aromatic rings. The van der Waals surface area contributed by atoms with Crippen molar-refractivity contribution in [1.82, 2.24) is 15.0 Å². The second-order valence-corrected chi connectivity index (χ2v) is 8.85. The number of aromatic nitrogens is 3. The number of pyridine rings is 1. The monoisotopic (exact) mass is 420 g/mol. The number of nitrogens with zero attached hydrogens (tertiary/aromatic N) is 4. The first-order chi connectivity index (χ1) is 14.5. The number of benzene rings is 1. The summed E-state index contributed by atoms with van der Waals surface area (Å²) in [6.45, 7) is 1.84. The SMILES string of the molecule is Cc1ncc(-c2ccc3c(c2)N(c2cncc(C[SH](=O)=O)c2)C(=O)C32CCC2)cn1. The number of hydrogen-bond acceptors (Lipinski definition) is 6. The predicted molar refractivity (Wildman–Crippen MR) is 113 cm³/mol. The van der Waals surface area contributed by atoms with Crippen LogP contribution in [-0.2, 0) is 26.7 Å². The van der Waals surface area contributed by atoms with E-state index in [9.17, 15) is 13.2 Å². The third kappa shape index (κ3) is 2.90. The fraction of sp³-hybridized carbons (Fsp3) is 0.273. The van der Waals surface area contributed by atoms with Gasteiger partial charge in [0.2, 0.25) is 5.91 Å². The van der Waals surface area contributed by atoms with E-state index in [1.807, 2.05) is 25.1 Å². The van der Waals surface area contributed by atoms with Crippen molar-refractivity contribution in [1.29, 1.82) is 0 Å². The van der Waals surface area contributed by atoms with Gasteiger partial charge in [0.05, 0.1) is 28.7 Å². The molecular weight excluding hydrogens is 400 g/mol. The molecule has 0 unspecified atom stereocenters. The fourth-order valence-electron chi connectivity index (χ4n) is 4.38. The van der Waals surface area contributed by atoms with Crippen LogP contribution in [0.1, 0.15) is 36.2 Å². The second-order valence-electron chi connectivity index (χ2n) is 7.87. The van der Waals surface area contributed by atoms with Crippen molar-refractivity contribution in [2.45, 2.75) is 37.4 Å². The van der Waals surface area contributed by atoms with E-state index < -0.39 is 16.1 Å². The zero-order valence-electron chi connectivity index (χ0n) is 16.4. The van der Waals surface area contributed by atoms with E-state index in [2.05, 4.69) is 15.0 Å². The van der Waals surface area contributed by atoms with Gasteiger partial charge in [-0.15, -0.1) is 0 Å². The van der Waals surface area contributed by atoms with Crippen molar-refractivity contribution < 1.29 is 13.2 Å². The Kier molecular flexibility index (Phi) is 4.39. The zero-order valence-corrected chi connectivity index (χ0v) is 17.3. The van der Waals surface area contributed by atoms with Crippen LogP contribution in [-0.4, -0.2) is 29.3 Å². The van der Waals surface area contributed by atoms with Crippen LogP contribution in [0.5, 0.6) is 0 Å². The Morgan fingerprint density at radius 3 is 2.47 bits per heavy atom. The minimum absolute atomic E-state index is 0.0338. The Balaban J connectivity index is 1.64. The molecule has 2 aliphatic rings. The predicted octanol–water partition coefficient (Wildman–Crippen LogP) is 3.06. The van der Waals surface area contributed by atoms with Crippen molar-refractivity contribution in [2.24, 2.45) is 0 Å². The molecule has 7 nitrogen and oxygen atoms in total. The van der Waals surface area contributed by atoms with Gasteiger partial charge in [-0.2, -0.15) is 0 Å². The van der Waals surface area contributed by atoms with Crippen LogP contribution in [0.2, 0.25) is 0 Å². The summed E-state index contributed by atoms with van der Waals surface area (Å²) in [6.07, 6.45) is 9.34. The van der Waals surface area contributed by atoms with E-state index in [-0.39, 0.29) is 11.7 Å². The maximum absolute atomic E-state index is 13.5. The number of anilines is 2. The highest BCUT2D eigenvalue weighted by Gasteiger charge is 2.54. The van der Waals surface area contributed by atoms with Gasteiger partial charge < -0.3 is 0 Å². The molecule has 30 heavy (non-hydrogen) atoms. The number of carbonyl (C=O) groups is 1. The first-order valence-electron chi connectivity index (χ1n) is 9.82. The first kappa shape index (κ1) is 18.9. The van der Waals surface area contributed by atoms with E-state index in [0.29, 0.717) is 17.1 Å². The molecule has 8 heteroatoms. The molecule has 1 fully saturated rings. The van der Waals surface area contributed by atoms with Crippen molar-refractivity contribution >= 4 is 28.0 Å². The summed E-state index contributed by atoms with van der Waals surface area (Å²) in [6, 6.07) is 7.78. The summed E-state index contributed by atoms with van der Waals surface area (Å²) in [7, 11) is -2.57. The standard InChI is InChI=1S/C22H20N4O3S/c1-14-24-10-17(11-25-14)16-3-4-19-20(8-16)26(21(27)22(19)5-2-6-22)18-7-15(9-23-12-18)13-30(28)29/h3-4,7-12,30H,2,5-6,13H2,1H3. The average molecular weight is 420 g/mol. The van der Waals surface area contributed by atoms with Gasteiger partial charge in [0.15, 0.2) is 0 Å². The molecular formula is C22H20N4O3S. The molecule has 1 aromatic carbocycles. The number of rotatable bonds is 4. The topological polar surface area (TPSA) is 93.1 Å². The lowest BCUT2D eigenvalue weighted by Crippen LogP contribution is -2.43. The van der Waals surface area contributed by atoms with Crippen LogP contribution >= 0.6 is 0 Å². The van der Waals surface area contributed by atoms with Crippen LogP contribution in [0.15, 0.2) is 49.1 Å². The average Bonchev–Trinajstić information content (AvgIpc) is 2.95. The van der Waals surface area contributed by atoms with Crippen molar-refractivity contribution in [3.8, 4) is 11.1 Å². The third-order valence-corrected chi connectivity index (χ3v) is 6.66. The van der Waals surface area contributed by atoms with E-state index in [1.54, 1.807) is 29.6 Å². The number of thiol groups is 1. The fourth-order valence-corrected chi connectivity index (χ4v) is 4.85. The molecule has 0 saturated heterocycles. The van der Waals surface area contributed by atoms with Crippen molar-refractivity contribution in [3.05, 3.63) is 66.0 Å². The lowest BCUT2D eigenvalue weighted by Gasteiger charge is -2.37. The van der Waals surface area contributed by atoms with Gasteiger partial charge in [0.25, 0.3) is 0 Å². The van der Waals surface area contributed by atoms with Crippen LogP contribution < -0.4 is 4.90 Å². The smallest absolute Gasteiger partial charge is 0.242 e. The number of hydrogen-bond donors (Lipinski definition) is 1. The molecule has 1 aliphatic carbocycles. The van der Waals surface area contributed by atoms with Crippen molar-refractivity contribution in [2.75, 3.05) is 4.90 Å². The quantitative estimate of drug-likeness (QED) is 0.652. The molecule has 5 rings (SSSR count). The lowest BCUT2D eigenvalue weighted by molar-refractivity contribution is -0.125. The van der Waals surface area contributed by atoms with Crippen molar-refractivity contribution in [3.63, 3.8) is 0 Å². The number of amides is 1.